The van der Waals surface area contributed by atoms with Gasteiger partial charge in [-0.1, -0.05) is 6.92 Å². The number of hydrogen-bond donors (Lipinski definition) is 2. The summed E-state index contributed by atoms with van der Waals surface area (Å²) in [6.45, 7) is 6.64. The first-order valence-corrected chi connectivity index (χ1v) is 5.50. The monoisotopic (exact) mass is 230 g/mol. The number of hydrogen-bond acceptors (Lipinski definition) is 4. The molecule has 0 radical (unpaired) electrons. The number of methoxy groups -OCH3 is 1. The summed E-state index contributed by atoms with van der Waals surface area (Å²) in [5, 5.41) is 5.77. The van der Waals surface area contributed by atoms with Crippen molar-refractivity contribution in [2.75, 3.05) is 20.2 Å². The van der Waals surface area contributed by atoms with Gasteiger partial charge in [-0.15, -0.1) is 0 Å². The van der Waals surface area contributed by atoms with Gasteiger partial charge in [0.15, 0.2) is 0 Å². The lowest BCUT2D eigenvalue weighted by atomic mass is 10.0. The molecule has 0 aliphatic rings. The van der Waals surface area contributed by atoms with Gasteiger partial charge in [-0.3, -0.25) is 9.59 Å². The van der Waals surface area contributed by atoms with Gasteiger partial charge in [0.05, 0.1) is 20.1 Å². The number of amides is 1. The zero-order chi connectivity index (χ0) is 12.6. The second-order valence-corrected chi connectivity index (χ2v) is 4.29. The van der Waals surface area contributed by atoms with Crippen molar-refractivity contribution in [1.29, 1.82) is 0 Å². The minimum absolute atomic E-state index is 0.0586. The maximum Gasteiger partial charge on any atom is 0.306 e. The second-order valence-electron chi connectivity index (χ2n) is 4.29. The molecule has 1 amide bonds. The summed E-state index contributed by atoms with van der Waals surface area (Å²) in [4.78, 5) is 22.2. The van der Waals surface area contributed by atoms with E-state index in [1.54, 1.807) is 0 Å². The molecule has 0 fully saturated rings. The maximum atomic E-state index is 11.4. The number of carbonyl (C=O) groups is 2. The molecule has 5 nitrogen and oxygen atoms in total. The molecule has 0 heterocycles. The number of rotatable bonds is 7. The van der Waals surface area contributed by atoms with Crippen LogP contribution in [0.3, 0.4) is 0 Å². The number of ether oxygens (including phenoxy) is 1. The molecule has 0 aliphatic heterocycles. The molecule has 94 valence electrons. The summed E-state index contributed by atoms with van der Waals surface area (Å²) >= 11 is 0. The molecule has 0 aromatic rings. The quantitative estimate of drug-likeness (QED) is 0.492. The van der Waals surface area contributed by atoms with Crippen LogP contribution in [0.1, 0.15) is 33.6 Å². The Balaban J connectivity index is 3.63. The molecule has 0 rings (SSSR count). The summed E-state index contributed by atoms with van der Waals surface area (Å²) in [6.07, 6.45) is 1.15. The van der Waals surface area contributed by atoms with Crippen LogP contribution < -0.4 is 10.6 Å². The molecule has 16 heavy (non-hydrogen) atoms. The van der Waals surface area contributed by atoms with E-state index >= 15 is 0 Å². The van der Waals surface area contributed by atoms with Gasteiger partial charge in [0.2, 0.25) is 5.91 Å². The highest BCUT2D eigenvalue weighted by molar-refractivity contribution is 5.78. The van der Waals surface area contributed by atoms with E-state index in [4.69, 9.17) is 0 Å². The highest BCUT2D eigenvalue weighted by atomic mass is 16.5. The van der Waals surface area contributed by atoms with Crippen molar-refractivity contribution in [2.45, 2.75) is 39.2 Å². The molecule has 5 heteroatoms. The number of nitrogens with one attached hydrogen (secondary N) is 2. The van der Waals surface area contributed by atoms with E-state index in [9.17, 15) is 9.59 Å². The Morgan fingerprint density at radius 2 is 1.94 bits per heavy atom. The second kappa shape index (κ2) is 7.22. The third-order valence-electron chi connectivity index (χ3n) is 2.38. The van der Waals surface area contributed by atoms with Crippen LogP contribution in [-0.4, -0.2) is 37.6 Å². The van der Waals surface area contributed by atoms with Crippen LogP contribution in [-0.2, 0) is 14.3 Å². The predicted octanol–water partition coefficient (Wildman–Crippen LogP) is 0.444. The van der Waals surface area contributed by atoms with Crippen LogP contribution in [0.2, 0.25) is 0 Å². The standard InChI is InChI=1S/C11H22N2O3/c1-5-11(2,3)13-9(14)8-12-7-6-10(15)16-4/h12H,5-8H2,1-4H3,(H,13,14). The number of esters is 1. The van der Waals surface area contributed by atoms with Crippen LogP contribution in [0, 0.1) is 0 Å². The van der Waals surface area contributed by atoms with E-state index in [1.807, 2.05) is 20.8 Å². The summed E-state index contributed by atoms with van der Waals surface area (Å²) in [7, 11) is 1.35. The third-order valence-corrected chi connectivity index (χ3v) is 2.38. The van der Waals surface area contributed by atoms with Crippen LogP contribution in [0.4, 0.5) is 0 Å². The minimum Gasteiger partial charge on any atom is -0.469 e. The molecular formula is C11H22N2O3. The molecule has 2 N–H and O–H groups in total. The number of carbonyl (C=O) groups excluding carboxylic acids is 2. The summed E-state index contributed by atoms with van der Waals surface area (Å²) in [5.41, 5.74) is -0.179. The molecule has 0 spiro atoms. The largest absolute Gasteiger partial charge is 0.469 e. The van der Waals surface area contributed by atoms with Crippen molar-refractivity contribution < 1.29 is 14.3 Å². The summed E-state index contributed by atoms with van der Waals surface area (Å²) in [5.74, 6) is -0.335. The van der Waals surface area contributed by atoms with Crippen LogP contribution >= 0.6 is 0 Å². The molecule has 0 saturated carbocycles. The van der Waals surface area contributed by atoms with Gasteiger partial charge in [-0.25, -0.2) is 0 Å². The topological polar surface area (TPSA) is 67.4 Å². The molecule has 0 unspecified atom stereocenters. The molecule has 0 saturated heterocycles. The Hall–Kier alpha value is -1.10. The molecule has 0 aromatic heterocycles. The van der Waals surface area contributed by atoms with E-state index < -0.39 is 0 Å². The van der Waals surface area contributed by atoms with Gasteiger partial charge in [-0.2, -0.15) is 0 Å². The Bertz CT molecular complexity index is 239. The van der Waals surface area contributed by atoms with Gasteiger partial charge in [0.25, 0.3) is 0 Å². The highest BCUT2D eigenvalue weighted by Crippen LogP contribution is 2.05. The van der Waals surface area contributed by atoms with Crippen molar-refractivity contribution in [3.8, 4) is 0 Å². The lowest BCUT2D eigenvalue weighted by Crippen LogP contribution is -2.46. The molecule has 0 aromatic carbocycles. The van der Waals surface area contributed by atoms with Crippen molar-refractivity contribution in [1.82, 2.24) is 10.6 Å². The minimum atomic E-state index is -0.276. The smallest absolute Gasteiger partial charge is 0.306 e. The van der Waals surface area contributed by atoms with Crippen molar-refractivity contribution in [3.05, 3.63) is 0 Å². The zero-order valence-corrected chi connectivity index (χ0v) is 10.6. The van der Waals surface area contributed by atoms with E-state index in [0.29, 0.717) is 6.54 Å². The van der Waals surface area contributed by atoms with E-state index in [-0.39, 0.29) is 30.4 Å². The lowest BCUT2D eigenvalue weighted by molar-refractivity contribution is -0.140. The van der Waals surface area contributed by atoms with Gasteiger partial charge in [-0.05, 0) is 20.3 Å². The highest BCUT2D eigenvalue weighted by Gasteiger charge is 2.17. The molecular weight excluding hydrogens is 208 g/mol. The zero-order valence-electron chi connectivity index (χ0n) is 10.6. The average Bonchev–Trinajstić information content (AvgIpc) is 2.23. The van der Waals surface area contributed by atoms with Gasteiger partial charge < -0.3 is 15.4 Å². The molecule has 0 aliphatic carbocycles. The fraction of sp³-hybridized carbons (Fsp3) is 0.818. The Morgan fingerprint density at radius 1 is 1.31 bits per heavy atom. The first-order chi connectivity index (χ1) is 7.41. The maximum absolute atomic E-state index is 11.4. The Labute approximate surface area is 96.9 Å². The van der Waals surface area contributed by atoms with E-state index in [0.717, 1.165) is 6.42 Å². The predicted molar refractivity (Wildman–Crippen MR) is 62.0 cm³/mol. The Morgan fingerprint density at radius 3 is 2.44 bits per heavy atom. The van der Waals surface area contributed by atoms with Gasteiger partial charge >= 0.3 is 5.97 Å². The third kappa shape index (κ3) is 7.23. The normalized spacial score (nSPS) is 11.0. The van der Waals surface area contributed by atoms with E-state index in [1.165, 1.54) is 7.11 Å². The van der Waals surface area contributed by atoms with E-state index in [2.05, 4.69) is 15.4 Å². The van der Waals surface area contributed by atoms with Crippen molar-refractivity contribution in [2.24, 2.45) is 0 Å². The van der Waals surface area contributed by atoms with Gasteiger partial charge in [0.1, 0.15) is 0 Å². The van der Waals surface area contributed by atoms with Crippen molar-refractivity contribution in [3.63, 3.8) is 0 Å². The average molecular weight is 230 g/mol. The van der Waals surface area contributed by atoms with Gasteiger partial charge in [0, 0.05) is 12.1 Å². The summed E-state index contributed by atoms with van der Waals surface area (Å²) in [6, 6.07) is 0. The molecule has 0 bridgehead atoms. The van der Waals surface area contributed by atoms with Crippen LogP contribution in [0.5, 0.6) is 0 Å². The van der Waals surface area contributed by atoms with Crippen LogP contribution in [0.15, 0.2) is 0 Å². The fourth-order valence-electron chi connectivity index (χ4n) is 1.00. The van der Waals surface area contributed by atoms with Crippen LogP contribution in [0.25, 0.3) is 0 Å². The summed E-state index contributed by atoms with van der Waals surface area (Å²) < 4.78 is 4.48. The fourth-order valence-corrected chi connectivity index (χ4v) is 1.00. The SMILES string of the molecule is CCC(C)(C)NC(=O)CNCCC(=O)OC. The van der Waals surface area contributed by atoms with Crippen molar-refractivity contribution >= 4 is 11.9 Å². The lowest BCUT2D eigenvalue weighted by Gasteiger charge is -2.24. The first kappa shape index (κ1) is 14.9. The first-order valence-electron chi connectivity index (χ1n) is 5.50. The molecule has 0 atom stereocenters. The Kier molecular flexibility index (Phi) is 6.72.